The van der Waals surface area contributed by atoms with Gasteiger partial charge in [-0.3, -0.25) is 9.59 Å². The molecule has 0 aliphatic carbocycles. The van der Waals surface area contributed by atoms with Crippen molar-refractivity contribution in [2.45, 2.75) is 72.8 Å². The van der Waals surface area contributed by atoms with Crippen LogP contribution in [-0.2, 0) is 24.1 Å². The Morgan fingerprint density at radius 3 is 2.36 bits per heavy atom. The number of rotatable bonds is 4. The first-order chi connectivity index (χ1) is 19.6. The highest BCUT2D eigenvalue weighted by Crippen LogP contribution is 2.44. The van der Waals surface area contributed by atoms with Gasteiger partial charge in [0.25, 0.3) is 0 Å². The lowest BCUT2D eigenvalue weighted by Crippen LogP contribution is -2.14. The first-order valence-corrected chi connectivity index (χ1v) is 14.5. The predicted octanol–water partition coefficient (Wildman–Crippen LogP) is 7.29. The minimum atomic E-state index is -0.870. The number of ether oxygens (including phenoxy) is 1. The number of likely N-dealkylation sites (N-methyl/N-ethyl adjacent to an activating group) is 1. The fourth-order valence-corrected chi connectivity index (χ4v) is 5.63. The van der Waals surface area contributed by atoms with Crippen LogP contribution in [0.3, 0.4) is 0 Å². The van der Waals surface area contributed by atoms with Crippen LogP contribution in [-0.4, -0.2) is 48.3 Å². The SMILES string of the molecule is CC(C)(C)O.Cc1cc(Cl)cc(C=O)c1.Cc1cc2c(c(-c3cc(F)c4c(c3C)CCCO4)c1CC(=O)O)CCN2C. The van der Waals surface area contributed by atoms with E-state index in [9.17, 15) is 19.1 Å². The van der Waals surface area contributed by atoms with E-state index in [2.05, 4.69) is 11.0 Å². The van der Waals surface area contributed by atoms with Gasteiger partial charge < -0.3 is 19.8 Å². The Labute approximate surface area is 253 Å². The molecule has 0 fully saturated rings. The summed E-state index contributed by atoms with van der Waals surface area (Å²) in [6, 6.07) is 8.85. The van der Waals surface area contributed by atoms with Gasteiger partial charge in [-0.2, -0.15) is 0 Å². The van der Waals surface area contributed by atoms with Crippen molar-refractivity contribution in [2.24, 2.45) is 0 Å². The number of anilines is 1. The van der Waals surface area contributed by atoms with Crippen molar-refractivity contribution in [1.82, 2.24) is 0 Å². The summed E-state index contributed by atoms with van der Waals surface area (Å²) in [6.45, 7) is 12.5. The Morgan fingerprint density at radius 1 is 1.10 bits per heavy atom. The molecule has 2 N–H and O–H groups in total. The molecule has 0 saturated carbocycles. The van der Waals surface area contributed by atoms with Gasteiger partial charge in [0.2, 0.25) is 0 Å². The molecule has 0 saturated heterocycles. The van der Waals surface area contributed by atoms with E-state index in [0.717, 1.165) is 82.3 Å². The summed E-state index contributed by atoms with van der Waals surface area (Å²) < 4.78 is 20.4. The lowest BCUT2D eigenvalue weighted by molar-refractivity contribution is -0.136. The molecule has 2 heterocycles. The summed E-state index contributed by atoms with van der Waals surface area (Å²) in [7, 11) is 2.04. The summed E-state index contributed by atoms with van der Waals surface area (Å²) in [5, 5.41) is 18.6. The first kappa shape index (κ1) is 33.1. The number of aliphatic carboxylic acids is 1. The second-order valence-electron chi connectivity index (χ2n) is 11.9. The molecule has 0 atom stereocenters. The van der Waals surface area contributed by atoms with E-state index >= 15 is 0 Å². The molecule has 0 unspecified atom stereocenters. The number of nitrogens with zero attached hydrogens (tertiary/aromatic N) is 1. The van der Waals surface area contributed by atoms with Gasteiger partial charge in [-0.1, -0.05) is 11.6 Å². The van der Waals surface area contributed by atoms with Gasteiger partial charge in [0.05, 0.1) is 18.6 Å². The zero-order valence-corrected chi connectivity index (χ0v) is 26.3. The molecule has 6 nitrogen and oxygen atoms in total. The van der Waals surface area contributed by atoms with Gasteiger partial charge in [0.15, 0.2) is 11.6 Å². The van der Waals surface area contributed by atoms with Crippen LogP contribution < -0.4 is 9.64 Å². The normalized spacial score (nSPS) is 13.5. The summed E-state index contributed by atoms with van der Waals surface area (Å²) in [5.41, 5.74) is 8.73. The second kappa shape index (κ2) is 13.7. The van der Waals surface area contributed by atoms with Crippen LogP contribution >= 0.6 is 11.6 Å². The van der Waals surface area contributed by atoms with E-state index in [-0.39, 0.29) is 12.2 Å². The molecule has 0 spiro atoms. The number of aryl methyl sites for hydroxylation is 2. The molecule has 8 heteroatoms. The van der Waals surface area contributed by atoms with Gasteiger partial charge in [-0.15, -0.1) is 0 Å². The number of carboxylic acids is 1. The maximum absolute atomic E-state index is 14.9. The number of aldehydes is 1. The van der Waals surface area contributed by atoms with Crippen molar-refractivity contribution in [2.75, 3.05) is 25.1 Å². The Balaban J connectivity index is 0.000000266. The fraction of sp³-hybridized carbons (Fsp3) is 0.412. The van der Waals surface area contributed by atoms with E-state index < -0.39 is 11.6 Å². The molecular weight excluding hydrogens is 557 g/mol. The van der Waals surface area contributed by atoms with E-state index in [1.807, 2.05) is 33.9 Å². The quantitative estimate of drug-likeness (QED) is 0.307. The number of benzene rings is 3. The molecule has 0 aromatic heterocycles. The zero-order valence-electron chi connectivity index (χ0n) is 25.5. The zero-order chi connectivity index (χ0) is 31.4. The summed E-state index contributed by atoms with van der Waals surface area (Å²) in [5.74, 6) is -0.859. The third-order valence-electron chi connectivity index (χ3n) is 7.08. The van der Waals surface area contributed by atoms with Crippen molar-refractivity contribution in [3.63, 3.8) is 0 Å². The van der Waals surface area contributed by atoms with Crippen molar-refractivity contribution in [3.05, 3.63) is 80.1 Å². The van der Waals surface area contributed by atoms with Crippen LogP contribution in [0, 0.1) is 26.6 Å². The fourth-order valence-electron chi connectivity index (χ4n) is 5.33. The highest BCUT2D eigenvalue weighted by Gasteiger charge is 2.28. The summed E-state index contributed by atoms with van der Waals surface area (Å²) in [4.78, 5) is 24.0. The minimum Gasteiger partial charge on any atom is -0.490 e. The molecule has 2 aliphatic rings. The molecule has 226 valence electrons. The predicted molar refractivity (Wildman–Crippen MR) is 167 cm³/mol. The van der Waals surface area contributed by atoms with Crippen LogP contribution in [0.2, 0.25) is 5.02 Å². The van der Waals surface area contributed by atoms with E-state index in [1.165, 1.54) is 6.07 Å². The van der Waals surface area contributed by atoms with Crippen LogP contribution in [0.25, 0.3) is 11.1 Å². The number of halogens is 2. The second-order valence-corrected chi connectivity index (χ2v) is 12.4. The van der Waals surface area contributed by atoms with Crippen molar-refractivity contribution in [3.8, 4) is 16.9 Å². The number of hydrogen-bond acceptors (Lipinski definition) is 5. The number of carbonyl (C=O) groups is 2. The van der Waals surface area contributed by atoms with Gasteiger partial charge in [0.1, 0.15) is 6.29 Å². The monoisotopic (exact) mass is 597 g/mol. The van der Waals surface area contributed by atoms with Crippen molar-refractivity contribution in [1.29, 1.82) is 0 Å². The number of aliphatic hydroxyl groups is 1. The highest BCUT2D eigenvalue weighted by atomic mass is 35.5. The molecule has 0 amide bonds. The summed E-state index contributed by atoms with van der Waals surface area (Å²) >= 11 is 5.67. The lowest BCUT2D eigenvalue weighted by atomic mass is 9.84. The lowest BCUT2D eigenvalue weighted by Gasteiger charge is -2.25. The van der Waals surface area contributed by atoms with Gasteiger partial charge in [-0.25, -0.2) is 4.39 Å². The maximum atomic E-state index is 14.9. The molecular formula is C34H41ClFNO5. The van der Waals surface area contributed by atoms with Gasteiger partial charge >= 0.3 is 5.97 Å². The summed E-state index contributed by atoms with van der Waals surface area (Å²) in [6.07, 6.45) is 3.22. The Bertz CT molecular complexity index is 1450. The third kappa shape index (κ3) is 8.33. The topological polar surface area (TPSA) is 87.1 Å². The molecule has 3 aromatic carbocycles. The number of carbonyl (C=O) groups excluding carboxylic acids is 1. The van der Waals surface area contributed by atoms with Crippen LogP contribution in [0.1, 0.15) is 70.9 Å². The van der Waals surface area contributed by atoms with Crippen LogP contribution in [0.15, 0.2) is 30.3 Å². The van der Waals surface area contributed by atoms with Crippen molar-refractivity contribution < 1.29 is 28.9 Å². The van der Waals surface area contributed by atoms with Crippen LogP contribution in [0.4, 0.5) is 10.1 Å². The Hall–Kier alpha value is -3.42. The maximum Gasteiger partial charge on any atom is 0.307 e. The Morgan fingerprint density at radius 2 is 1.76 bits per heavy atom. The average Bonchev–Trinajstić information content (AvgIpc) is 3.25. The molecule has 42 heavy (non-hydrogen) atoms. The standard InChI is InChI=1S/C22H24FNO3.C8H7ClO.C4H10O/c1-12-9-19-15(6-7-24(19)3)21(16(12)11-20(25)26)17-10-18(23)22-14(13(17)2)5-4-8-27-22;1-6-2-7(5-10)4-8(9)3-6;1-4(2,3)5/h9-10H,4-8,11H2,1-3H3,(H,25,26);2-5H,1H3;5H,1-3H3. The number of hydrogen-bond donors (Lipinski definition) is 2. The Kier molecular flexibility index (Phi) is 10.8. The largest absolute Gasteiger partial charge is 0.490 e. The smallest absolute Gasteiger partial charge is 0.307 e. The van der Waals surface area contributed by atoms with E-state index in [4.69, 9.17) is 21.4 Å². The first-order valence-electron chi connectivity index (χ1n) is 14.1. The molecule has 0 radical (unpaired) electrons. The van der Waals surface area contributed by atoms with E-state index in [0.29, 0.717) is 22.9 Å². The highest BCUT2D eigenvalue weighted by molar-refractivity contribution is 6.30. The number of carboxylic acid groups (broad SMARTS) is 1. The minimum absolute atomic E-state index is 0.0627. The van der Waals surface area contributed by atoms with Gasteiger partial charge in [0, 0.05) is 35.4 Å². The molecule has 3 aromatic rings. The third-order valence-corrected chi connectivity index (χ3v) is 7.30. The molecule has 0 bridgehead atoms. The van der Waals surface area contributed by atoms with Crippen LogP contribution in [0.5, 0.6) is 5.75 Å². The molecule has 5 rings (SSSR count). The van der Waals surface area contributed by atoms with Crippen molar-refractivity contribution >= 4 is 29.5 Å². The number of fused-ring (bicyclic) bond motifs is 2. The van der Waals surface area contributed by atoms with E-state index in [1.54, 1.807) is 32.9 Å². The van der Waals surface area contributed by atoms with Gasteiger partial charge in [-0.05, 0) is 130 Å². The molecule has 2 aliphatic heterocycles. The average molecular weight is 598 g/mol.